The van der Waals surface area contributed by atoms with Crippen LogP contribution in [-0.4, -0.2) is 42.7 Å². The van der Waals surface area contributed by atoms with E-state index in [-0.39, 0.29) is 44.9 Å². The van der Waals surface area contributed by atoms with Crippen molar-refractivity contribution < 1.29 is 32.5 Å². The summed E-state index contributed by atoms with van der Waals surface area (Å²) in [6, 6.07) is 12.8. The first-order valence-corrected chi connectivity index (χ1v) is 10.7. The fourth-order valence-corrected chi connectivity index (χ4v) is 4.43. The molecule has 1 aliphatic rings. The summed E-state index contributed by atoms with van der Waals surface area (Å²) >= 11 is 0. The number of aromatic carboxylic acids is 1. The van der Waals surface area contributed by atoms with E-state index in [1.54, 1.807) is 12.1 Å². The molecule has 0 bridgehead atoms. The molecule has 0 spiro atoms. The molecule has 0 radical (unpaired) electrons. The van der Waals surface area contributed by atoms with Crippen LogP contribution in [0.5, 0.6) is 0 Å². The van der Waals surface area contributed by atoms with Crippen molar-refractivity contribution >= 4 is 44.7 Å². The Bertz CT molecular complexity index is 1430. The van der Waals surface area contributed by atoms with Gasteiger partial charge in [0.15, 0.2) is 11.6 Å². The second-order valence-corrected chi connectivity index (χ2v) is 8.38. The Morgan fingerprint density at radius 1 is 0.906 bits per heavy atom. The van der Waals surface area contributed by atoms with E-state index in [0.29, 0.717) is 0 Å². The number of hydrogen-bond donors (Lipinski definition) is 4. The average molecular weight is 452 g/mol. The van der Waals surface area contributed by atoms with Gasteiger partial charge in [0.2, 0.25) is 0 Å². The fraction of sp³-hybridized carbons (Fsp3) is 0.0455. The van der Waals surface area contributed by atoms with Gasteiger partial charge in [-0.05, 0) is 24.3 Å². The zero-order chi connectivity index (χ0) is 23.2. The van der Waals surface area contributed by atoms with Gasteiger partial charge in [0.25, 0.3) is 10.1 Å². The number of carbonyl (C=O) groups excluding carboxylic acids is 2. The highest BCUT2D eigenvalue weighted by Gasteiger charge is 2.37. The maximum Gasteiger partial charge on any atom is 0.335 e. The van der Waals surface area contributed by atoms with Crippen LogP contribution in [0.15, 0.2) is 59.5 Å². The van der Waals surface area contributed by atoms with E-state index in [1.165, 1.54) is 43.4 Å². The zero-order valence-corrected chi connectivity index (χ0v) is 17.4. The molecular weight excluding hydrogens is 436 g/mol. The van der Waals surface area contributed by atoms with Gasteiger partial charge in [-0.2, -0.15) is 8.42 Å². The van der Waals surface area contributed by atoms with Crippen molar-refractivity contribution in [1.82, 2.24) is 0 Å². The van der Waals surface area contributed by atoms with Gasteiger partial charge in [0.05, 0.1) is 28.1 Å². The molecule has 0 unspecified atom stereocenters. The highest BCUT2D eigenvalue weighted by atomic mass is 32.2. The minimum Gasteiger partial charge on any atom is -0.478 e. The zero-order valence-electron chi connectivity index (χ0n) is 16.5. The highest BCUT2D eigenvalue weighted by Crippen LogP contribution is 2.41. The molecule has 4 N–H and O–H groups in total. The lowest BCUT2D eigenvalue weighted by Crippen LogP contribution is -2.25. The Kier molecular flexibility index (Phi) is 5.03. The number of carboxylic acids is 1. The lowest BCUT2D eigenvalue weighted by Gasteiger charge is -2.25. The molecule has 0 aliphatic heterocycles. The monoisotopic (exact) mass is 452 g/mol. The molecule has 10 heteroatoms. The summed E-state index contributed by atoms with van der Waals surface area (Å²) in [7, 11) is -3.43. The number of hydrogen-bond acceptors (Lipinski definition) is 7. The first kappa shape index (κ1) is 21.2. The largest absolute Gasteiger partial charge is 0.478 e. The molecule has 32 heavy (non-hydrogen) atoms. The summed E-state index contributed by atoms with van der Waals surface area (Å²) in [6.07, 6.45) is 0. The van der Waals surface area contributed by atoms with Crippen molar-refractivity contribution in [3.05, 3.63) is 82.4 Å². The third-order valence-electron chi connectivity index (χ3n) is 5.08. The Morgan fingerprint density at radius 2 is 1.53 bits per heavy atom. The second kappa shape index (κ2) is 7.59. The Hall–Kier alpha value is -4.02. The van der Waals surface area contributed by atoms with Gasteiger partial charge in [0, 0.05) is 23.9 Å². The second-order valence-electron chi connectivity index (χ2n) is 6.99. The molecule has 4 rings (SSSR count). The average Bonchev–Trinajstić information content (AvgIpc) is 2.76. The highest BCUT2D eigenvalue weighted by molar-refractivity contribution is 7.86. The maximum atomic E-state index is 13.3. The number of ketones is 2. The first-order valence-electron chi connectivity index (χ1n) is 9.28. The standard InChI is InChI=1S/C22H16N2O7S/c1-23-19-16(32(29,30)31)10-15(24-12-6-4-5-11(9-12)22(27)28)17-18(19)21(26)14-8-3-2-7-13(14)20(17)25/h2-10,23-24H,1H3,(H,27,28)(H,29,30,31). The van der Waals surface area contributed by atoms with Crippen LogP contribution in [-0.2, 0) is 10.1 Å². The molecule has 0 saturated carbocycles. The Balaban J connectivity index is 2.03. The van der Waals surface area contributed by atoms with Crippen molar-refractivity contribution in [2.75, 3.05) is 17.7 Å². The van der Waals surface area contributed by atoms with E-state index in [4.69, 9.17) is 0 Å². The molecule has 9 nitrogen and oxygen atoms in total. The normalized spacial score (nSPS) is 12.7. The van der Waals surface area contributed by atoms with Gasteiger partial charge in [-0.15, -0.1) is 0 Å². The minimum atomic E-state index is -4.79. The number of fused-ring (bicyclic) bond motifs is 2. The molecule has 0 aromatic heterocycles. The van der Waals surface area contributed by atoms with E-state index in [0.717, 1.165) is 6.07 Å². The molecule has 0 atom stereocenters. The SMILES string of the molecule is CNc1c(S(=O)(=O)O)cc(Nc2cccc(C(=O)O)c2)c2c1C(=O)c1ccccc1C2=O. The van der Waals surface area contributed by atoms with Gasteiger partial charge in [-0.3, -0.25) is 14.1 Å². The lowest BCUT2D eigenvalue weighted by atomic mass is 9.82. The predicted molar refractivity (Wildman–Crippen MR) is 116 cm³/mol. The summed E-state index contributed by atoms with van der Waals surface area (Å²) in [4.78, 5) is 37.3. The van der Waals surface area contributed by atoms with E-state index in [9.17, 15) is 32.5 Å². The molecule has 0 saturated heterocycles. The summed E-state index contributed by atoms with van der Waals surface area (Å²) in [6.45, 7) is 0. The number of carboxylic acid groups (broad SMARTS) is 1. The summed E-state index contributed by atoms with van der Waals surface area (Å²) in [5, 5.41) is 14.7. The molecule has 162 valence electrons. The van der Waals surface area contributed by atoms with Crippen LogP contribution in [0.4, 0.5) is 17.1 Å². The third-order valence-corrected chi connectivity index (χ3v) is 5.96. The fourth-order valence-electron chi connectivity index (χ4n) is 3.71. The molecule has 0 fully saturated rings. The van der Waals surface area contributed by atoms with Gasteiger partial charge in [-0.25, -0.2) is 4.79 Å². The lowest BCUT2D eigenvalue weighted by molar-refractivity contribution is 0.0696. The minimum absolute atomic E-state index is 0.0431. The van der Waals surface area contributed by atoms with E-state index < -0.39 is 32.5 Å². The van der Waals surface area contributed by atoms with Crippen LogP contribution in [0.25, 0.3) is 0 Å². The topological polar surface area (TPSA) is 150 Å². The van der Waals surface area contributed by atoms with Crippen molar-refractivity contribution in [3.8, 4) is 0 Å². The smallest absolute Gasteiger partial charge is 0.335 e. The number of anilines is 3. The quantitative estimate of drug-likeness (QED) is 0.335. The Labute approximate surface area is 182 Å². The third kappa shape index (κ3) is 3.41. The van der Waals surface area contributed by atoms with E-state index >= 15 is 0 Å². The van der Waals surface area contributed by atoms with Crippen molar-refractivity contribution in [2.24, 2.45) is 0 Å². The number of carbonyl (C=O) groups is 3. The maximum absolute atomic E-state index is 13.3. The summed E-state index contributed by atoms with van der Waals surface area (Å²) < 4.78 is 34.0. The van der Waals surface area contributed by atoms with Crippen LogP contribution >= 0.6 is 0 Å². The molecule has 0 amide bonds. The summed E-state index contributed by atoms with van der Waals surface area (Å²) in [5.41, 5.74) is -0.124. The molecule has 3 aromatic carbocycles. The van der Waals surface area contributed by atoms with Gasteiger partial charge in [-0.1, -0.05) is 30.3 Å². The van der Waals surface area contributed by atoms with Crippen LogP contribution < -0.4 is 10.6 Å². The van der Waals surface area contributed by atoms with Crippen LogP contribution in [0, 0.1) is 0 Å². The van der Waals surface area contributed by atoms with Crippen molar-refractivity contribution in [2.45, 2.75) is 4.90 Å². The molecule has 1 aliphatic carbocycles. The van der Waals surface area contributed by atoms with Gasteiger partial charge in [0.1, 0.15) is 4.90 Å². The Morgan fingerprint density at radius 3 is 2.09 bits per heavy atom. The van der Waals surface area contributed by atoms with Crippen LogP contribution in [0.2, 0.25) is 0 Å². The van der Waals surface area contributed by atoms with E-state index in [1.807, 2.05) is 0 Å². The van der Waals surface area contributed by atoms with Crippen molar-refractivity contribution in [1.29, 1.82) is 0 Å². The van der Waals surface area contributed by atoms with E-state index in [2.05, 4.69) is 10.6 Å². The molecule has 3 aromatic rings. The number of benzene rings is 3. The predicted octanol–water partition coefficient (Wildman–Crippen LogP) is 3.19. The van der Waals surface area contributed by atoms with Crippen LogP contribution in [0.3, 0.4) is 0 Å². The van der Waals surface area contributed by atoms with Gasteiger partial charge >= 0.3 is 5.97 Å². The molecular formula is C22H16N2O7S. The van der Waals surface area contributed by atoms with Crippen molar-refractivity contribution in [3.63, 3.8) is 0 Å². The summed E-state index contributed by atoms with van der Waals surface area (Å²) in [5.74, 6) is -2.29. The number of rotatable bonds is 5. The number of nitrogens with one attached hydrogen (secondary N) is 2. The molecule has 0 heterocycles. The first-order chi connectivity index (χ1) is 15.1. The van der Waals surface area contributed by atoms with Gasteiger partial charge < -0.3 is 15.7 Å². The van der Waals surface area contributed by atoms with Crippen LogP contribution in [0.1, 0.15) is 42.2 Å².